The third-order valence-corrected chi connectivity index (χ3v) is 3.76. The molecule has 2 rings (SSSR count). The molecule has 2 N–H and O–H groups in total. The monoisotopic (exact) mass is 396 g/mol. The van der Waals surface area contributed by atoms with E-state index in [9.17, 15) is 9.90 Å². The summed E-state index contributed by atoms with van der Waals surface area (Å²) >= 11 is 3.35. The van der Waals surface area contributed by atoms with Crippen LogP contribution in [0.1, 0.15) is 5.76 Å². The maximum absolute atomic E-state index is 11.8. The van der Waals surface area contributed by atoms with Gasteiger partial charge in [-0.2, -0.15) is 0 Å². The molecule has 1 aromatic heterocycles. The molecule has 1 heterocycles. The van der Waals surface area contributed by atoms with Gasteiger partial charge in [-0.15, -0.1) is 0 Å². The molecule has 0 aliphatic heterocycles. The van der Waals surface area contributed by atoms with Gasteiger partial charge in [0, 0.05) is 11.0 Å². The minimum Gasteiger partial charge on any atom is -0.491 e. The van der Waals surface area contributed by atoms with Gasteiger partial charge in [0.25, 0.3) is 0 Å². The van der Waals surface area contributed by atoms with Crippen LogP contribution in [0.25, 0.3) is 0 Å². The summed E-state index contributed by atoms with van der Waals surface area (Å²) in [5, 5.41) is 12.8. The quantitative estimate of drug-likeness (QED) is 0.678. The molecule has 1 amide bonds. The molecular weight excluding hydrogens is 376 g/mol. The average molecular weight is 397 g/mol. The highest BCUT2D eigenvalue weighted by Gasteiger charge is 2.12. The molecule has 7 heteroatoms. The van der Waals surface area contributed by atoms with E-state index >= 15 is 0 Å². The van der Waals surface area contributed by atoms with Crippen molar-refractivity contribution < 1.29 is 19.1 Å². The minimum absolute atomic E-state index is 0.130. The van der Waals surface area contributed by atoms with Crippen LogP contribution < -0.4 is 10.1 Å². The Balaban J connectivity index is 1.64. The van der Waals surface area contributed by atoms with Crippen molar-refractivity contribution in [2.75, 3.05) is 26.7 Å². The van der Waals surface area contributed by atoms with Crippen LogP contribution in [-0.4, -0.2) is 48.8 Å². The van der Waals surface area contributed by atoms with E-state index in [4.69, 9.17) is 9.15 Å². The summed E-state index contributed by atoms with van der Waals surface area (Å²) in [6.07, 6.45) is 0.881. The third kappa shape index (κ3) is 6.74. The first-order valence-electron chi connectivity index (χ1n) is 7.57. The Morgan fingerprint density at radius 3 is 2.79 bits per heavy atom. The molecule has 1 atom stereocenters. The van der Waals surface area contributed by atoms with Crippen LogP contribution in [0, 0.1) is 0 Å². The van der Waals surface area contributed by atoms with Gasteiger partial charge in [-0.1, -0.05) is 15.9 Å². The van der Waals surface area contributed by atoms with Crippen molar-refractivity contribution in [1.82, 2.24) is 10.2 Å². The number of aliphatic hydroxyl groups is 1. The normalized spacial score (nSPS) is 12.2. The number of rotatable bonds is 9. The second-order valence-corrected chi connectivity index (χ2v) is 6.39. The Hall–Kier alpha value is -1.83. The van der Waals surface area contributed by atoms with E-state index in [0.717, 1.165) is 4.47 Å². The molecule has 6 nitrogen and oxygen atoms in total. The Labute approximate surface area is 149 Å². The number of ether oxygens (including phenoxy) is 1. The zero-order valence-electron chi connectivity index (χ0n) is 13.4. The van der Waals surface area contributed by atoms with Gasteiger partial charge >= 0.3 is 0 Å². The lowest BCUT2D eigenvalue weighted by Gasteiger charge is -2.20. The van der Waals surface area contributed by atoms with Crippen molar-refractivity contribution in [2.24, 2.45) is 0 Å². The molecule has 0 radical (unpaired) electrons. The molecular formula is C17H21BrN2O4. The summed E-state index contributed by atoms with van der Waals surface area (Å²) in [5.74, 6) is 1.26. The van der Waals surface area contributed by atoms with E-state index in [1.54, 1.807) is 30.3 Å². The van der Waals surface area contributed by atoms with Crippen LogP contribution in [0.15, 0.2) is 51.6 Å². The summed E-state index contributed by atoms with van der Waals surface area (Å²) in [6.45, 7) is 1.05. The van der Waals surface area contributed by atoms with Gasteiger partial charge in [0.1, 0.15) is 24.2 Å². The van der Waals surface area contributed by atoms with E-state index < -0.39 is 6.10 Å². The predicted octanol–water partition coefficient (Wildman–Crippen LogP) is 2.03. The van der Waals surface area contributed by atoms with Gasteiger partial charge in [0.05, 0.1) is 19.4 Å². The smallest absolute Gasteiger partial charge is 0.234 e. The second kappa shape index (κ2) is 9.46. The highest BCUT2D eigenvalue weighted by Crippen LogP contribution is 2.16. The van der Waals surface area contributed by atoms with Crippen molar-refractivity contribution in [3.63, 3.8) is 0 Å². The van der Waals surface area contributed by atoms with E-state index in [2.05, 4.69) is 21.2 Å². The van der Waals surface area contributed by atoms with E-state index in [0.29, 0.717) is 24.6 Å². The van der Waals surface area contributed by atoms with Crippen molar-refractivity contribution in [3.8, 4) is 5.75 Å². The molecule has 130 valence electrons. The number of amides is 1. The fourth-order valence-corrected chi connectivity index (χ4v) is 2.36. The molecule has 0 saturated carbocycles. The van der Waals surface area contributed by atoms with Gasteiger partial charge in [0.2, 0.25) is 5.91 Å². The van der Waals surface area contributed by atoms with Crippen LogP contribution in [-0.2, 0) is 11.3 Å². The molecule has 1 aromatic carbocycles. The number of nitrogens with zero attached hydrogens (tertiary/aromatic N) is 1. The number of halogens is 1. The fraction of sp³-hybridized carbons (Fsp3) is 0.353. The number of carbonyl (C=O) groups is 1. The number of carbonyl (C=O) groups excluding carboxylic acids is 1. The van der Waals surface area contributed by atoms with E-state index in [-0.39, 0.29) is 19.1 Å². The van der Waals surface area contributed by atoms with Gasteiger partial charge in [-0.3, -0.25) is 9.69 Å². The SMILES string of the molecule is CN(CC(=O)NCc1ccco1)CC(O)COc1ccc(Br)cc1. The Morgan fingerprint density at radius 1 is 1.38 bits per heavy atom. The van der Waals surface area contributed by atoms with Crippen LogP contribution in [0.2, 0.25) is 0 Å². The predicted molar refractivity (Wildman–Crippen MR) is 93.7 cm³/mol. The zero-order valence-corrected chi connectivity index (χ0v) is 15.0. The van der Waals surface area contributed by atoms with Crippen molar-refractivity contribution >= 4 is 21.8 Å². The van der Waals surface area contributed by atoms with Gasteiger partial charge < -0.3 is 19.6 Å². The lowest BCUT2D eigenvalue weighted by Crippen LogP contribution is -2.39. The van der Waals surface area contributed by atoms with Crippen molar-refractivity contribution in [1.29, 1.82) is 0 Å². The van der Waals surface area contributed by atoms with Crippen LogP contribution in [0.4, 0.5) is 0 Å². The highest BCUT2D eigenvalue weighted by atomic mass is 79.9. The summed E-state index contributed by atoms with van der Waals surface area (Å²) in [7, 11) is 1.77. The van der Waals surface area contributed by atoms with Crippen LogP contribution in [0.3, 0.4) is 0 Å². The first-order chi connectivity index (χ1) is 11.5. The van der Waals surface area contributed by atoms with Crippen LogP contribution >= 0.6 is 15.9 Å². The standard InChI is InChI=1S/C17H21BrN2O4/c1-20(11-17(22)19-9-16-3-2-8-23-16)10-14(21)12-24-15-6-4-13(18)5-7-15/h2-8,14,21H,9-12H2,1H3,(H,19,22). The summed E-state index contributed by atoms with van der Waals surface area (Å²) in [5.41, 5.74) is 0. The number of aliphatic hydroxyl groups excluding tert-OH is 1. The average Bonchev–Trinajstić information content (AvgIpc) is 3.05. The summed E-state index contributed by atoms with van der Waals surface area (Å²) in [4.78, 5) is 13.6. The zero-order chi connectivity index (χ0) is 17.4. The number of nitrogens with one attached hydrogen (secondary N) is 1. The molecule has 2 aromatic rings. The van der Waals surface area contributed by atoms with Gasteiger partial charge in [0.15, 0.2) is 0 Å². The number of furan rings is 1. The van der Waals surface area contributed by atoms with Crippen molar-refractivity contribution in [2.45, 2.75) is 12.6 Å². The van der Waals surface area contributed by atoms with Crippen molar-refractivity contribution in [3.05, 3.63) is 52.9 Å². The Bertz CT molecular complexity index is 616. The lowest BCUT2D eigenvalue weighted by atomic mass is 10.3. The van der Waals surface area contributed by atoms with Gasteiger partial charge in [-0.25, -0.2) is 0 Å². The third-order valence-electron chi connectivity index (χ3n) is 3.23. The second-order valence-electron chi connectivity index (χ2n) is 5.47. The number of likely N-dealkylation sites (N-methyl/N-ethyl adjacent to an activating group) is 1. The number of benzene rings is 1. The molecule has 0 spiro atoms. The molecule has 0 bridgehead atoms. The minimum atomic E-state index is -0.684. The molecule has 1 unspecified atom stereocenters. The van der Waals surface area contributed by atoms with E-state index in [1.165, 1.54) is 0 Å². The maximum atomic E-state index is 11.8. The molecule has 0 fully saturated rings. The first-order valence-corrected chi connectivity index (χ1v) is 8.36. The maximum Gasteiger partial charge on any atom is 0.234 e. The Kier molecular flexibility index (Phi) is 7.30. The first kappa shape index (κ1) is 18.5. The molecule has 0 aliphatic rings. The fourth-order valence-electron chi connectivity index (χ4n) is 2.10. The summed E-state index contributed by atoms with van der Waals surface area (Å²) in [6, 6.07) is 11.0. The van der Waals surface area contributed by atoms with Crippen LogP contribution in [0.5, 0.6) is 5.75 Å². The highest BCUT2D eigenvalue weighted by molar-refractivity contribution is 9.10. The number of hydrogen-bond acceptors (Lipinski definition) is 5. The Morgan fingerprint density at radius 2 is 2.12 bits per heavy atom. The molecule has 0 saturated heterocycles. The lowest BCUT2D eigenvalue weighted by molar-refractivity contribution is -0.122. The number of hydrogen-bond donors (Lipinski definition) is 2. The molecule has 24 heavy (non-hydrogen) atoms. The topological polar surface area (TPSA) is 74.9 Å². The van der Waals surface area contributed by atoms with Gasteiger partial charge in [-0.05, 0) is 43.4 Å². The van der Waals surface area contributed by atoms with E-state index in [1.807, 2.05) is 24.3 Å². The molecule has 0 aliphatic carbocycles. The summed E-state index contributed by atoms with van der Waals surface area (Å²) < 4.78 is 11.6. The largest absolute Gasteiger partial charge is 0.491 e.